The van der Waals surface area contributed by atoms with Crippen molar-refractivity contribution in [2.45, 2.75) is 44.9 Å². The van der Waals surface area contributed by atoms with E-state index in [2.05, 4.69) is 19.8 Å². The molecule has 9 nitrogen and oxygen atoms in total. The van der Waals surface area contributed by atoms with Gasteiger partial charge in [-0.2, -0.15) is 4.99 Å². The first-order valence-electron chi connectivity index (χ1n) is 14.6. The minimum absolute atomic E-state index is 0.110. The standard InChI is InChI=1S/C33H30F3N5O4S/c1-19(2)26-16-25(44-3)12-13-28(26)41-30(43)17-46-32(41)38-29(42)15-22-14-27(22)20-4-6-21(7-5-20)31-37-18-40(39-31)23-8-10-24(11-9-23)45-33(34,35)36/h4-13,16,18-19,22,27H,14-15,17H2,1-3H3. The quantitative estimate of drug-likeness (QED) is 0.190. The lowest BCUT2D eigenvalue weighted by molar-refractivity contribution is -0.274. The van der Waals surface area contributed by atoms with Crippen LogP contribution in [0.2, 0.25) is 0 Å². The van der Waals surface area contributed by atoms with E-state index in [4.69, 9.17) is 4.74 Å². The third-order valence-electron chi connectivity index (χ3n) is 7.87. The van der Waals surface area contributed by atoms with Crippen molar-refractivity contribution >= 4 is 34.4 Å². The van der Waals surface area contributed by atoms with Gasteiger partial charge in [0.15, 0.2) is 11.0 Å². The van der Waals surface area contributed by atoms with E-state index in [1.165, 1.54) is 47.0 Å². The number of carbonyl (C=O) groups is 2. The van der Waals surface area contributed by atoms with Crippen molar-refractivity contribution in [3.8, 4) is 28.6 Å². The van der Waals surface area contributed by atoms with Gasteiger partial charge in [-0.05, 0) is 77.8 Å². The SMILES string of the molecule is COc1ccc(N2C(=O)CSC2=NC(=O)CC2CC2c2ccc(-c3ncn(-c4ccc(OC(F)(F)F)cc4)n3)cc2)c(C(C)C)c1. The molecule has 13 heteroatoms. The molecule has 3 aromatic carbocycles. The molecule has 4 aromatic rings. The second kappa shape index (κ2) is 12.6. The lowest BCUT2D eigenvalue weighted by Gasteiger charge is -2.22. The Morgan fingerprint density at radius 2 is 1.78 bits per heavy atom. The van der Waals surface area contributed by atoms with Gasteiger partial charge in [0, 0.05) is 12.0 Å². The first-order chi connectivity index (χ1) is 22.0. The molecular weight excluding hydrogens is 619 g/mol. The van der Waals surface area contributed by atoms with E-state index in [0.717, 1.165) is 28.8 Å². The van der Waals surface area contributed by atoms with Crippen molar-refractivity contribution in [3.63, 3.8) is 0 Å². The van der Waals surface area contributed by atoms with Gasteiger partial charge in [-0.3, -0.25) is 14.5 Å². The van der Waals surface area contributed by atoms with Crippen LogP contribution in [-0.2, 0) is 9.59 Å². The average molecular weight is 650 g/mol. The number of methoxy groups -OCH3 is 1. The summed E-state index contributed by atoms with van der Waals surface area (Å²) in [5.41, 5.74) is 4.07. The molecule has 1 aliphatic heterocycles. The lowest BCUT2D eigenvalue weighted by Crippen LogP contribution is -2.31. The smallest absolute Gasteiger partial charge is 0.497 e. The fourth-order valence-corrected chi connectivity index (χ4v) is 6.34. The predicted molar refractivity (Wildman–Crippen MR) is 168 cm³/mol. The topological polar surface area (TPSA) is 98.9 Å². The number of benzene rings is 3. The van der Waals surface area contributed by atoms with E-state index in [1.807, 2.05) is 50.2 Å². The Bertz CT molecular complexity index is 1790. The van der Waals surface area contributed by atoms with Crippen LogP contribution >= 0.6 is 11.8 Å². The van der Waals surface area contributed by atoms with Crippen LogP contribution in [0, 0.1) is 5.92 Å². The molecule has 0 N–H and O–H groups in total. The van der Waals surface area contributed by atoms with Crippen LogP contribution in [0.4, 0.5) is 18.9 Å². The molecule has 1 aromatic heterocycles. The van der Waals surface area contributed by atoms with E-state index in [1.54, 1.807) is 18.1 Å². The predicted octanol–water partition coefficient (Wildman–Crippen LogP) is 7.12. The fraction of sp³-hybridized carbons (Fsp3) is 0.303. The van der Waals surface area contributed by atoms with Crippen molar-refractivity contribution in [2.24, 2.45) is 10.9 Å². The number of amidine groups is 1. The summed E-state index contributed by atoms with van der Waals surface area (Å²) >= 11 is 1.27. The number of carbonyl (C=O) groups excluding carboxylic acids is 2. The molecule has 2 unspecified atom stereocenters. The monoisotopic (exact) mass is 649 g/mol. The number of halogens is 3. The summed E-state index contributed by atoms with van der Waals surface area (Å²) in [7, 11) is 1.60. The third kappa shape index (κ3) is 6.94. The van der Waals surface area contributed by atoms with Crippen LogP contribution in [-0.4, -0.2) is 51.0 Å². The van der Waals surface area contributed by atoms with Gasteiger partial charge in [-0.1, -0.05) is 49.9 Å². The molecule has 6 rings (SSSR count). The molecule has 2 atom stereocenters. The van der Waals surface area contributed by atoms with Gasteiger partial charge in [-0.15, -0.1) is 18.3 Å². The Kier molecular flexibility index (Phi) is 8.60. The largest absolute Gasteiger partial charge is 0.573 e. The zero-order chi connectivity index (χ0) is 32.6. The summed E-state index contributed by atoms with van der Waals surface area (Å²) < 4.78 is 48.1. The van der Waals surface area contributed by atoms with Gasteiger partial charge in [-0.25, -0.2) is 9.67 Å². The van der Waals surface area contributed by atoms with E-state index >= 15 is 0 Å². The summed E-state index contributed by atoms with van der Waals surface area (Å²) in [5, 5.41) is 4.86. The number of hydrogen-bond acceptors (Lipinski definition) is 7. The minimum Gasteiger partial charge on any atom is -0.497 e. The maximum atomic E-state index is 13.0. The van der Waals surface area contributed by atoms with Gasteiger partial charge in [0.1, 0.15) is 17.8 Å². The lowest BCUT2D eigenvalue weighted by atomic mass is 10.00. The summed E-state index contributed by atoms with van der Waals surface area (Å²) in [4.78, 5) is 36.2. The van der Waals surface area contributed by atoms with E-state index in [0.29, 0.717) is 22.4 Å². The third-order valence-corrected chi connectivity index (χ3v) is 8.79. The zero-order valence-corrected chi connectivity index (χ0v) is 26.0. The Morgan fingerprint density at radius 3 is 2.46 bits per heavy atom. The number of rotatable bonds is 9. The summed E-state index contributed by atoms with van der Waals surface area (Å²) in [6.45, 7) is 4.08. The highest BCUT2D eigenvalue weighted by atomic mass is 32.2. The summed E-state index contributed by atoms with van der Waals surface area (Å²) in [6, 6.07) is 18.7. The second-order valence-corrected chi connectivity index (χ2v) is 12.3. The number of aliphatic imine (C=N–C) groups is 1. The first kappa shape index (κ1) is 31.3. The Balaban J connectivity index is 1.08. The minimum atomic E-state index is -4.76. The van der Waals surface area contributed by atoms with E-state index < -0.39 is 6.36 Å². The number of aromatic nitrogens is 3. The highest BCUT2D eigenvalue weighted by molar-refractivity contribution is 8.15. The molecule has 1 aliphatic carbocycles. The summed E-state index contributed by atoms with van der Waals surface area (Å²) in [5.74, 6) is 1.23. The van der Waals surface area contributed by atoms with Crippen molar-refractivity contribution in [2.75, 3.05) is 17.8 Å². The van der Waals surface area contributed by atoms with Gasteiger partial charge < -0.3 is 9.47 Å². The maximum Gasteiger partial charge on any atom is 0.573 e. The maximum absolute atomic E-state index is 13.0. The van der Waals surface area contributed by atoms with Crippen LogP contribution in [0.15, 0.2) is 78.0 Å². The van der Waals surface area contributed by atoms with Crippen LogP contribution in [0.1, 0.15) is 49.7 Å². The van der Waals surface area contributed by atoms with Gasteiger partial charge in [0.2, 0.25) is 11.8 Å². The van der Waals surface area contributed by atoms with Crippen molar-refractivity contribution in [1.82, 2.24) is 14.8 Å². The van der Waals surface area contributed by atoms with Crippen LogP contribution in [0.5, 0.6) is 11.5 Å². The molecule has 238 valence electrons. The number of alkyl halides is 3. The number of amides is 2. The average Bonchev–Trinajstić information content (AvgIpc) is 3.43. The van der Waals surface area contributed by atoms with E-state index in [-0.39, 0.29) is 47.5 Å². The highest BCUT2D eigenvalue weighted by Gasteiger charge is 2.40. The van der Waals surface area contributed by atoms with Crippen molar-refractivity contribution in [3.05, 3.63) is 84.2 Å². The number of hydrogen-bond donors (Lipinski definition) is 0. The molecule has 2 heterocycles. The Morgan fingerprint density at radius 1 is 1.07 bits per heavy atom. The molecule has 2 fully saturated rings. The molecule has 0 spiro atoms. The first-order valence-corrected chi connectivity index (χ1v) is 15.6. The molecule has 2 aliphatic rings. The van der Waals surface area contributed by atoms with Crippen molar-refractivity contribution < 1.29 is 32.2 Å². The van der Waals surface area contributed by atoms with E-state index in [9.17, 15) is 22.8 Å². The molecule has 1 saturated carbocycles. The zero-order valence-electron chi connectivity index (χ0n) is 25.2. The number of nitrogens with zero attached hydrogens (tertiary/aromatic N) is 5. The molecular formula is C33H30F3N5O4S. The van der Waals surface area contributed by atoms with Crippen LogP contribution < -0.4 is 14.4 Å². The fourth-order valence-electron chi connectivity index (χ4n) is 5.47. The molecule has 0 bridgehead atoms. The number of anilines is 1. The van der Waals surface area contributed by atoms with Gasteiger partial charge in [0.25, 0.3) is 0 Å². The normalized spacial score (nSPS) is 18.8. The van der Waals surface area contributed by atoms with Gasteiger partial charge in [0.05, 0.1) is 24.2 Å². The van der Waals surface area contributed by atoms with Gasteiger partial charge >= 0.3 is 6.36 Å². The Labute approximate surface area is 267 Å². The van der Waals surface area contributed by atoms with Crippen LogP contribution in [0.25, 0.3) is 17.1 Å². The second-order valence-electron chi connectivity index (χ2n) is 11.4. The summed E-state index contributed by atoms with van der Waals surface area (Å²) in [6.07, 6.45) is -2.12. The Hall–Kier alpha value is -4.65. The highest BCUT2D eigenvalue weighted by Crippen LogP contribution is 2.50. The van der Waals surface area contributed by atoms with Crippen molar-refractivity contribution in [1.29, 1.82) is 0 Å². The number of ether oxygens (including phenoxy) is 2. The molecule has 1 saturated heterocycles. The molecule has 2 amide bonds. The number of thioether (sulfide) groups is 1. The molecule has 46 heavy (non-hydrogen) atoms. The molecule has 0 radical (unpaired) electrons. The van der Waals surface area contributed by atoms with Crippen LogP contribution in [0.3, 0.4) is 0 Å².